The standard InChI is InChI=1S/C17H13F13N2O2S/c1-5-2-3-6-7(4-5)35-10(8(6)9(31)33)32-11(34)12(18,19)13(20,21)14(22,23)15(24,25)16(26,27)17(28,29)30/h5H,2-4H2,1H3,(H2,31,33)(H,32,34). The predicted octanol–water partition coefficient (Wildman–Crippen LogP) is 5.65. The molecule has 1 aliphatic carbocycles. The summed E-state index contributed by atoms with van der Waals surface area (Å²) in [6.45, 7) is 1.72. The molecule has 2 rings (SSSR count). The number of hydrogen-bond acceptors (Lipinski definition) is 3. The molecule has 0 fully saturated rings. The maximum atomic E-state index is 14.1. The van der Waals surface area contributed by atoms with Crippen molar-refractivity contribution in [3.8, 4) is 0 Å². The van der Waals surface area contributed by atoms with Gasteiger partial charge in [0.15, 0.2) is 0 Å². The summed E-state index contributed by atoms with van der Waals surface area (Å²) < 4.78 is 172. The van der Waals surface area contributed by atoms with Gasteiger partial charge in [-0.25, -0.2) is 0 Å². The Morgan fingerprint density at radius 2 is 1.34 bits per heavy atom. The Hall–Kier alpha value is -2.27. The van der Waals surface area contributed by atoms with Crippen molar-refractivity contribution < 1.29 is 66.7 Å². The molecule has 0 spiro atoms. The number of nitrogens with two attached hydrogens (primary N) is 1. The van der Waals surface area contributed by atoms with Gasteiger partial charge in [-0.1, -0.05) is 6.92 Å². The van der Waals surface area contributed by atoms with Gasteiger partial charge in [-0.2, -0.15) is 57.1 Å². The van der Waals surface area contributed by atoms with E-state index in [1.807, 2.05) is 0 Å². The minimum absolute atomic E-state index is 0.0348. The van der Waals surface area contributed by atoms with Gasteiger partial charge in [0.25, 0.3) is 5.91 Å². The molecule has 3 N–H and O–H groups in total. The molecule has 4 nitrogen and oxygen atoms in total. The van der Waals surface area contributed by atoms with Crippen LogP contribution < -0.4 is 11.1 Å². The van der Waals surface area contributed by atoms with Crippen LogP contribution in [0, 0.1) is 5.92 Å². The first-order chi connectivity index (χ1) is 15.4. The molecule has 1 unspecified atom stereocenters. The van der Waals surface area contributed by atoms with E-state index in [9.17, 15) is 66.7 Å². The molecule has 0 aliphatic heterocycles. The zero-order valence-corrected chi connectivity index (χ0v) is 17.7. The average molecular weight is 556 g/mol. The summed E-state index contributed by atoms with van der Waals surface area (Å²) in [4.78, 5) is 23.7. The van der Waals surface area contributed by atoms with Crippen molar-refractivity contribution in [2.24, 2.45) is 11.7 Å². The quantitative estimate of drug-likeness (QED) is 0.427. The molecule has 18 heteroatoms. The van der Waals surface area contributed by atoms with Crippen LogP contribution in [-0.4, -0.2) is 47.6 Å². The van der Waals surface area contributed by atoms with Crippen molar-refractivity contribution in [1.82, 2.24) is 0 Å². The van der Waals surface area contributed by atoms with E-state index in [1.54, 1.807) is 6.92 Å². The predicted molar refractivity (Wildman–Crippen MR) is 93.4 cm³/mol. The molecule has 35 heavy (non-hydrogen) atoms. The molecule has 0 saturated carbocycles. The molecule has 1 aromatic heterocycles. The van der Waals surface area contributed by atoms with Crippen LogP contribution in [0.3, 0.4) is 0 Å². The molecule has 200 valence electrons. The molecule has 0 aromatic carbocycles. The summed E-state index contributed by atoms with van der Waals surface area (Å²) in [5.41, 5.74) is 4.53. The van der Waals surface area contributed by atoms with Crippen LogP contribution in [0.5, 0.6) is 0 Å². The van der Waals surface area contributed by atoms with E-state index in [4.69, 9.17) is 5.73 Å². The highest BCUT2D eigenvalue weighted by atomic mass is 32.1. The number of carbonyl (C=O) groups excluding carboxylic acids is 2. The Labute approximate surface area is 190 Å². The smallest absolute Gasteiger partial charge is 0.365 e. The second-order valence-corrected chi connectivity index (χ2v) is 8.85. The number of primary amides is 1. The Morgan fingerprint density at radius 3 is 1.80 bits per heavy atom. The minimum Gasteiger partial charge on any atom is -0.365 e. The normalized spacial score (nSPS) is 18.3. The third-order valence-electron chi connectivity index (χ3n) is 5.20. The summed E-state index contributed by atoms with van der Waals surface area (Å²) in [5, 5.41) is 0.0125. The lowest BCUT2D eigenvalue weighted by Gasteiger charge is -2.39. The largest absolute Gasteiger partial charge is 0.460 e. The Balaban J connectivity index is 2.50. The maximum Gasteiger partial charge on any atom is 0.460 e. The zero-order chi connectivity index (χ0) is 27.6. The number of anilines is 1. The van der Waals surface area contributed by atoms with Gasteiger partial charge in [0.2, 0.25) is 0 Å². The van der Waals surface area contributed by atoms with Gasteiger partial charge in [-0.3, -0.25) is 9.59 Å². The van der Waals surface area contributed by atoms with E-state index < -0.39 is 58.2 Å². The van der Waals surface area contributed by atoms with E-state index in [1.165, 1.54) is 0 Å². The Kier molecular flexibility index (Phi) is 6.95. The van der Waals surface area contributed by atoms with Crippen molar-refractivity contribution in [2.75, 3.05) is 5.32 Å². The summed E-state index contributed by atoms with van der Waals surface area (Å²) in [5.74, 6) is -43.8. The van der Waals surface area contributed by atoms with E-state index in [2.05, 4.69) is 0 Å². The zero-order valence-electron chi connectivity index (χ0n) is 16.9. The first-order valence-corrected chi connectivity index (χ1v) is 9.98. The van der Waals surface area contributed by atoms with E-state index in [0.717, 1.165) is 5.32 Å². The van der Waals surface area contributed by atoms with Crippen LogP contribution in [0.25, 0.3) is 0 Å². The highest BCUT2D eigenvalue weighted by Gasteiger charge is 2.91. The highest BCUT2D eigenvalue weighted by Crippen LogP contribution is 2.60. The van der Waals surface area contributed by atoms with Crippen LogP contribution >= 0.6 is 11.3 Å². The van der Waals surface area contributed by atoms with Gasteiger partial charge in [-0.15, -0.1) is 11.3 Å². The number of rotatable bonds is 7. The third kappa shape index (κ3) is 4.20. The molecular weight excluding hydrogens is 543 g/mol. The molecule has 1 aliphatic rings. The fourth-order valence-electron chi connectivity index (χ4n) is 3.19. The van der Waals surface area contributed by atoms with E-state index in [0.29, 0.717) is 17.8 Å². The van der Waals surface area contributed by atoms with Gasteiger partial charge in [0.1, 0.15) is 5.00 Å². The summed E-state index contributed by atoms with van der Waals surface area (Å²) >= 11 is 0.354. The number of halogens is 13. The molecule has 0 bridgehead atoms. The monoisotopic (exact) mass is 556 g/mol. The lowest BCUT2D eigenvalue weighted by molar-refractivity contribution is -0.435. The number of hydrogen-bond donors (Lipinski definition) is 2. The van der Waals surface area contributed by atoms with Gasteiger partial charge in [0.05, 0.1) is 5.56 Å². The molecule has 0 saturated heterocycles. The first kappa shape index (κ1) is 29.0. The van der Waals surface area contributed by atoms with Crippen molar-refractivity contribution in [2.45, 2.75) is 62.0 Å². The van der Waals surface area contributed by atoms with Crippen molar-refractivity contribution >= 4 is 28.2 Å². The fraction of sp³-hybridized carbons (Fsp3) is 0.647. The highest BCUT2D eigenvalue weighted by molar-refractivity contribution is 7.17. The molecule has 1 aromatic rings. The number of carbonyl (C=O) groups is 2. The number of amides is 2. The van der Waals surface area contributed by atoms with Crippen LogP contribution in [0.2, 0.25) is 0 Å². The van der Waals surface area contributed by atoms with Crippen molar-refractivity contribution in [3.05, 3.63) is 16.0 Å². The van der Waals surface area contributed by atoms with Gasteiger partial charge in [0, 0.05) is 4.88 Å². The molecule has 0 radical (unpaired) electrons. The third-order valence-corrected chi connectivity index (χ3v) is 6.37. The topological polar surface area (TPSA) is 72.2 Å². The van der Waals surface area contributed by atoms with Crippen LogP contribution in [0.1, 0.15) is 34.1 Å². The van der Waals surface area contributed by atoms with E-state index in [-0.39, 0.29) is 29.2 Å². The maximum absolute atomic E-state index is 14.1. The lowest BCUT2D eigenvalue weighted by atomic mass is 9.88. The number of thiophene rings is 1. The second-order valence-electron chi connectivity index (χ2n) is 7.74. The van der Waals surface area contributed by atoms with Crippen molar-refractivity contribution in [3.63, 3.8) is 0 Å². The number of fused-ring (bicyclic) bond motifs is 1. The summed E-state index contributed by atoms with van der Waals surface area (Å²) in [7, 11) is 0. The Bertz CT molecular complexity index is 1020. The lowest BCUT2D eigenvalue weighted by Crippen LogP contribution is -2.71. The Morgan fingerprint density at radius 1 is 0.857 bits per heavy atom. The van der Waals surface area contributed by atoms with Gasteiger partial charge < -0.3 is 11.1 Å². The minimum atomic E-state index is -8.12. The SMILES string of the molecule is CC1CCc2c(sc(NC(=O)C(F)(F)C(F)(F)C(F)(F)C(F)(F)C(F)(F)C(F)(F)F)c2C(N)=O)C1. The number of alkyl halides is 13. The molecule has 2 amide bonds. The van der Waals surface area contributed by atoms with Gasteiger partial charge in [-0.05, 0) is 30.7 Å². The molecule has 1 atom stereocenters. The van der Waals surface area contributed by atoms with Crippen molar-refractivity contribution in [1.29, 1.82) is 0 Å². The van der Waals surface area contributed by atoms with Gasteiger partial charge >= 0.3 is 41.7 Å². The fourth-order valence-corrected chi connectivity index (χ4v) is 4.60. The summed E-state index contributed by atoms with van der Waals surface area (Å²) in [6, 6.07) is 0. The van der Waals surface area contributed by atoms with Crippen LogP contribution in [0.4, 0.5) is 62.1 Å². The first-order valence-electron chi connectivity index (χ1n) is 9.16. The second kappa shape index (κ2) is 8.40. The van der Waals surface area contributed by atoms with E-state index >= 15 is 0 Å². The molecular formula is C17H13F13N2O2S. The van der Waals surface area contributed by atoms with Crippen LogP contribution in [-0.2, 0) is 17.6 Å². The molecule has 1 heterocycles. The summed E-state index contributed by atoms with van der Waals surface area (Å²) in [6.07, 6.45) is -6.83. The van der Waals surface area contributed by atoms with Crippen LogP contribution in [0.15, 0.2) is 0 Å². The average Bonchev–Trinajstić information content (AvgIpc) is 3.03. The number of nitrogens with one attached hydrogen (secondary N) is 1.